The number of nitrogens with one attached hydrogen (secondary N) is 1. The fourth-order valence-corrected chi connectivity index (χ4v) is 4.00. The smallest absolute Gasteiger partial charge is 0.321 e. The number of anilines is 1. The molecule has 3 rings (SSSR count). The van der Waals surface area contributed by atoms with E-state index in [-0.39, 0.29) is 12.6 Å². The van der Waals surface area contributed by atoms with Gasteiger partial charge in [0.2, 0.25) is 0 Å². The predicted molar refractivity (Wildman–Crippen MR) is 109 cm³/mol. The number of carbonyl (C=O) groups excluding carboxylic acids is 1. The highest BCUT2D eigenvalue weighted by molar-refractivity contribution is 5.93. The van der Waals surface area contributed by atoms with E-state index in [4.69, 9.17) is 0 Å². The first kappa shape index (κ1) is 20.1. The summed E-state index contributed by atoms with van der Waals surface area (Å²) >= 11 is 0. The predicted octanol–water partition coefficient (Wildman–Crippen LogP) is 2.13. The van der Waals surface area contributed by atoms with E-state index in [9.17, 15) is 9.90 Å². The molecule has 6 nitrogen and oxygen atoms in total. The van der Waals surface area contributed by atoms with Crippen molar-refractivity contribution in [1.29, 1.82) is 0 Å². The molecule has 1 aromatic carbocycles. The maximum atomic E-state index is 11.8. The summed E-state index contributed by atoms with van der Waals surface area (Å²) in [6.07, 6.45) is 2.06. The van der Waals surface area contributed by atoms with Crippen molar-refractivity contribution in [2.75, 3.05) is 50.8 Å². The van der Waals surface area contributed by atoms with Gasteiger partial charge in [0, 0.05) is 57.6 Å². The lowest BCUT2D eigenvalue weighted by Gasteiger charge is -2.41. The number of aliphatic hydroxyl groups is 1. The molecule has 6 heteroatoms. The van der Waals surface area contributed by atoms with Crippen LogP contribution < -0.4 is 10.2 Å². The SMILES string of the molecule is CC(C)CCN1CCN(Cc2ccc(N3CCNC3=O)cc2)C[C@@H]1CCO. The van der Waals surface area contributed by atoms with Crippen LogP contribution in [0.5, 0.6) is 0 Å². The maximum Gasteiger partial charge on any atom is 0.321 e. The third-order valence-corrected chi connectivity index (χ3v) is 5.66. The molecule has 2 amide bonds. The van der Waals surface area contributed by atoms with Crippen LogP contribution >= 0.6 is 0 Å². The minimum Gasteiger partial charge on any atom is -0.396 e. The molecule has 2 heterocycles. The summed E-state index contributed by atoms with van der Waals surface area (Å²) in [5.74, 6) is 0.717. The van der Waals surface area contributed by atoms with Crippen molar-refractivity contribution < 1.29 is 9.90 Å². The topological polar surface area (TPSA) is 59.0 Å². The largest absolute Gasteiger partial charge is 0.396 e. The minimum absolute atomic E-state index is 0.00730. The van der Waals surface area contributed by atoms with Gasteiger partial charge in [0.25, 0.3) is 0 Å². The van der Waals surface area contributed by atoms with Gasteiger partial charge in [-0.3, -0.25) is 14.7 Å². The monoisotopic (exact) mass is 374 g/mol. The Labute approximate surface area is 163 Å². The number of piperazine rings is 1. The van der Waals surface area contributed by atoms with Gasteiger partial charge in [-0.05, 0) is 43.0 Å². The Bertz CT molecular complexity index is 605. The van der Waals surface area contributed by atoms with Crippen LogP contribution in [0.1, 0.15) is 32.3 Å². The van der Waals surface area contributed by atoms with E-state index in [1.165, 1.54) is 12.0 Å². The summed E-state index contributed by atoms with van der Waals surface area (Å²) in [6, 6.07) is 8.79. The molecule has 0 aromatic heterocycles. The maximum absolute atomic E-state index is 11.8. The van der Waals surface area contributed by atoms with Crippen LogP contribution in [-0.4, -0.2) is 72.9 Å². The van der Waals surface area contributed by atoms with Crippen molar-refractivity contribution in [3.05, 3.63) is 29.8 Å². The van der Waals surface area contributed by atoms with Gasteiger partial charge in [-0.1, -0.05) is 26.0 Å². The second kappa shape index (κ2) is 9.53. The van der Waals surface area contributed by atoms with E-state index in [2.05, 4.69) is 41.1 Å². The van der Waals surface area contributed by atoms with E-state index >= 15 is 0 Å². The van der Waals surface area contributed by atoms with Crippen molar-refractivity contribution >= 4 is 11.7 Å². The number of amides is 2. The van der Waals surface area contributed by atoms with E-state index in [0.29, 0.717) is 18.5 Å². The number of urea groups is 1. The molecule has 1 atom stereocenters. The summed E-state index contributed by atoms with van der Waals surface area (Å²) in [4.78, 5) is 18.6. The minimum atomic E-state index is -0.00730. The normalized spacial score (nSPS) is 21.9. The molecule has 27 heavy (non-hydrogen) atoms. The van der Waals surface area contributed by atoms with Gasteiger partial charge < -0.3 is 10.4 Å². The van der Waals surface area contributed by atoms with E-state index < -0.39 is 0 Å². The highest BCUT2D eigenvalue weighted by Gasteiger charge is 2.26. The number of rotatable bonds is 8. The van der Waals surface area contributed by atoms with Gasteiger partial charge in [-0.2, -0.15) is 0 Å². The van der Waals surface area contributed by atoms with Gasteiger partial charge in [-0.25, -0.2) is 4.79 Å². The van der Waals surface area contributed by atoms with Gasteiger partial charge in [0.1, 0.15) is 0 Å². The molecule has 2 fully saturated rings. The first-order valence-electron chi connectivity index (χ1n) is 10.3. The number of hydrogen-bond donors (Lipinski definition) is 2. The van der Waals surface area contributed by atoms with Crippen LogP contribution in [-0.2, 0) is 6.54 Å². The summed E-state index contributed by atoms with van der Waals surface area (Å²) in [6.45, 7) is 11.4. The van der Waals surface area contributed by atoms with Gasteiger partial charge in [0.05, 0.1) is 0 Å². The molecule has 0 spiro atoms. The van der Waals surface area contributed by atoms with Crippen LogP contribution in [0.25, 0.3) is 0 Å². The lowest BCUT2D eigenvalue weighted by Crippen LogP contribution is -2.53. The van der Waals surface area contributed by atoms with Crippen molar-refractivity contribution in [2.45, 2.75) is 39.3 Å². The molecule has 150 valence electrons. The third-order valence-electron chi connectivity index (χ3n) is 5.66. The van der Waals surface area contributed by atoms with Gasteiger partial charge >= 0.3 is 6.03 Å². The quantitative estimate of drug-likeness (QED) is 0.732. The Morgan fingerprint density at radius 3 is 2.59 bits per heavy atom. The Morgan fingerprint density at radius 1 is 1.19 bits per heavy atom. The highest BCUT2D eigenvalue weighted by atomic mass is 16.3. The molecule has 0 aliphatic carbocycles. The second-order valence-electron chi connectivity index (χ2n) is 8.17. The summed E-state index contributed by atoms with van der Waals surface area (Å²) in [5.41, 5.74) is 2.24. The van der Waals surface area contributed by atoms with Crippen LogP contribution in [0.3, 0.4) is 0 Å². The first-order valence-corrected chi connectivity index (χ1v) is 10.3. The third kappa shape index (κ3) is 5.43. The van der Waals surface area contributed by atoms with Crippen molar-refractivity contribution in [1.82, 2.24) is 15.1 Å². The number of benzene rings is 1. The molecule has 0 unspecified atom stereocenters. The fraction of sp³-hybridized carbons (Fsp3) is 0.667. The van der Waals surface area contributed by atoms with Crippen molar-refractivity contribution in [3.63, 3.8) is 0 Å². The molecule has 0 saturated carbocycles. The number of carbonyl (C=O) groups is 1. The molecule has 1 aromatic rings. The number of nitrogens with zero attached hydrogens (tertiary/aromatic N) is 3. The highest BCUT2D eigenvalue weighted by Crippen LogP contribution is 2.20. The van der Waals surface area contributed by atoms with E-state index in [0.717, 1.165) is 51.4 Å². The molecule has 0 radical (unpaired) electrons. The Hall–Kier alpha value is -1.63. The van der Waals surface area contributed by atoms with Crippen LogP contribution in [0.15, 0.2) is 24.3 Å². The van der Waals surface area contributed by atoms with Crippen LogP contribution in [0, 0.1) is 5.92 Å². The average molecular weight is 375 g/mol. The van der Waals surface area contributed by atoms with Crippen molar-refractivity contribution in [3.8, 4) is 0 Å². The molecular formula is C21H34N4O2. The molecule has 2 aliphatic heterocycles. The Balaban J connectivity index is 1.55. The first-order chi connectivity index (χ1) is 13.1. The van der Waals surface area contributed by atoms with E-state index in [1.54, 1.807) is 4.90 Å². The summed E-state index contributed by atoms with van der Waals surface area (Å²) in [5, 5.41) is 12.3. The zero-order valence-electron chi connectivity index (χ0n) is 16.7. The Morgan fingerprint density at radius 2 is 1.96 bits per heavy atom. The Kier molecular flexibility index (Phi) is 7.10. The van der Waals surface area contributed by atoms with Gasteiger partial charge in [-0.15, -0.1) is 0 Å². The van der Waals surface area contributed by atoms with Gasteiger partial charge in [0.15, 0.2) is 0 Å². The molecule has 2 saturated heterocycles. The lowest BCUT2D eigenvalue weighted by molar-refractivity contribution is 0.0524. The fourth-order valence-electron chi connectivity index (χ4n) is 4.00. The standard InChI is InChI=1S/C21H34N4O2/c1-17(2)7-10-24-13-12-23(16-20(24)8-14-26)15-18-3-5-19(6-4-18)25-11-9-22-21(25)27/h3-6,17,20,26H,7-16H2,1-2H3,(H,22,27)/t20-/m0/s1. The molecule has 0 bridgehead atoms. The average Bonchev–Trinajstić information content (AvgIpc) is 3.08. The van der Waals surface area contributed by atoms with Crippen LogP contribution in [0.2, 0.25) is 0 Å². The van der Waals surface area contributed by atoms with Crippen molar-refractivity contribution in [2.24, 2.45) is 5.92 Å². The zero-order valence-corrected chi connectivity index (χ0v) is 16.7. The summed E-state index contributed by atoms with van der Waals surface area (Å²) < 4.78 is 0. The molecule has 2 aliphatic rings. The van der Waals surface area contributed by atoms with E-state index in [1.807, 2.05) is 12.1 Å². The molecular weight excluding hydrogens is 340 g/mol. The molecule has 2 N–H and O–H groups in total. The zero-order chi connectivity index (χ0) is 19.2. The number of aliphatic hydroxyl groups excluding tert-OH is 1. The second-order valence-corrected chi connectivity index (χ2v) is 8.17. The van der Waals surface area contributed by atoms with Crippen LogP contribution in [0.4, 0.5) is 10.5 Å². The summed E-state index contributed by atoms with van der Waals surface area (Å²) in [7, 11) is 0. The number of hydrogen-bond acceptors (Lipinski definition) is 4. The lowest BCUT2D eigenvalue weighted by atomic mass is 10.0.